The fourth-order valence-corrected chi connectivity index (χ4v) is 3.14. The molecule has 0 aliphatic heterocycles. The highest BCUT2D eigenvalue weighted by molar-refractivity contribution is 7.92. The van der Waals surface area contributed by atoms with Gasteiger partial charge in [0.25, 0.3) is 0 Å². The standard InChI is InChI=1S/C16H21FN4O3S/c1-13-18-7-8-20(13)10-9-19(2)16(22)12-21(25(3,23)24)15-6-4-5-14(17)11-15/h4-8,11H,9-10,12H2,1-3H3. The number of aryl methyl sites for hydroxylation is 1. The van der Waals surface area contributed by atoms with Gasteiger partial charge in [0.15, 0.2) is 0 Å². The van der Waals surface area contributed by atoms with Crippen LogP contribution >= 0.6 is 0 Å². The molecule has 0 saturated heterocycles. The molecule has 25 heavy (non-hydrogen) atoms. The fourth-order valence-electron chi connectivity index (χ4n) is 2.30. The minimum absolute atomic E-state index is 0.120. The number of benzene rings is 1. The second-order valence-electron chi connectivity index (χ2n) is 5.73. The van der Waals surface area contributed by atoms with E-state index in [4.69, 9.17) is 0 Å². The Hall–Kier alpha value is -2.42. The predicted octanol–water partition coefficient (Wildman–Crippen LogP) is 1.26. The van der Waals surface area contributed by atoms with Crippen molar-refractivity contribution < 1.29 is 17.6 Å². The number of sulfonamides is 1. The van der Waals surface area contributed by atoms with Gasteiger partial charge in [-0.3, -0.25) is 9.10 Å². The number of anilines is 1. The summed E-state index contributed by atoms with van der Waals surface area (Å²) in [4.78, 5) is 17.9. The molecule has 1 aromatic heterocycles. The van der Waals surface area contributed by atoms with Gasteiger partial charge in [-0.15, -0.1) is 0 Å². The first kappa shape index (κ1) is 18.9. The topological polar surface area (TPSA) is 75.5 Å². The smallest absolute Gasteiger partial charge is 0.243 e. The quantitative estimate of drug-likeness (QED) is 0.737. The van der Waals surface area contributed by atoms with Crippen LogP contribution in [-0.4, -0.2) is 55.2 Å². The summed E-state index contributed by atoms with van der Waals surface area (Å²) < 4.78 is 40.2. The number of carbonyl (C=O) groups excluding carboxylic acids is 1. The van der Waals surface area contributed by atoms with Crippen LogP contribution in [0.3, 0.4) is 0 Å². The van der Waals surface area contributed by atoms with E-state index in [9.17, 15) is 17.6 Å². The number of nitrogens with zero attached hydrogens (tertiary/aromatic N) is 4. The Bertz CT molecular complexity index is 851. The molecule has 1 heterocycles. The third-order valence-corrected chi connectivity index (χ3v) is 4.94. The second-order valence-corrected chi connectivity index (χ2v) is 7.64. The molecule has 1 aromatic carbocycles. The van der Waals surface area contributed by atoms with E-state index >= 15 is 0 Å². The van der Waals surface area contributed by atoms with Crippen LogP contribution in [0.25, 0.3) is 0 Å². The first-order chi connectivity index (χ1) is 11.7. The molecule has 0 saturated carbocycles. The molecule has 1 amide bonds. The number of likely N-dealkylation sites (N-methyl/N-ethyl adjacent to an activating group) is 1. The van der Waals surface area contributed by atoms with Crippen molar-refractivity contribution in [2.75, 3.05) is 30.7 Å². The largest absolute Gasteiger partial charge is 0.342 e. The Morgan fingerprint density at radius 1 is 1.36 bits per heavy atom. The Morgan fingerprint density at radius 2 is 2.08 bits per heavy atom. The van der Waals surface area contributed by atoms with Crippen LogP contribution in [0.15, 0.2) is 36.7 Å². The van der Waals surface area contributed by atoms with Crippen LogP contribution in [0, 0.1) is 12.7 Å². The van der Waals surface area contributed by atoms with Gasteiger partial charge in [0.2, 0.25) is 15.9 Å². The minimum atomic E-state index is -3.72. The predicted molar refractivity (Wildman–Crippen MR) is 93.2 cm³/mol. The van der Waals surface area contributed by atoms with Crippen molar-refractivity contribution in [3.8, 4) is 0 Å². The molecule has 0 radical (unpaired) electrons. The van der Waals surface area contributed by atoms with E-state index in [1.807, 2.05) is 17.7 Å². The van der Waals surface area contributed by atoms with Crippen molar-refractivity contribution in [3.05, 3.63) is 48.3 Å². The monoisotopic (exact) mass is 368 g/mol. The van der Waals surface area contributed by atoms with Crippen LogP contribution in [0.1, 0.15) is 5.82 Å². The third kappa shape index (κ3) is 5.02. The summed E-state index contributed by atoms with van der Waals surface area (Å²) in [7, 11) is -2.13. The lowest BCUT2D eigenvalue weighted by Crippen LogP contribution is -2.42. The van der Waals surface area contributed by atoms with E-state index in [0.717, 1.165) is 22.5 Å². The van der Waals surface area contributed by atoms with Crippen molar-refractivity contribution in [2.24, 2.45) is 0 Å². The Balaban J connectivity index is 2.07. The minimum Gasteiger partial charge on any atom is -0.342 e. The molecule has 0 unspecified atom stereocenters. The summed E-state index contributed by atoms with van der Waals surface area (Å²) >= 11 is 0. The number of imidazole rings is 1. The summed E-state index contributed by atoms with van der Waals surface area (Å²) in [6.07, 6.45) is 4.47. The van der Waals surface area contributed by atoms with Gasteiger partial charge in [-0.2, -0.15) is 0 Å². The van der Waals surface area contributed by atoms with Gasteiger partial charge < -0.3 is 9.47 Å². The molecule has 0 bridgehead atoms. The molecule has 9 heteroatoms. The zero-order chi connectivity index (χ0) is 18.6. The van der Waals surface area contributed by atoms with E-state index in [1.165, 1.54) is 23.1 Å². The highest BCUT2D eigenvalue weighted by Crippen LogP contribution is 2.18. The Morgan fingerprint density at radius 3 is 2.64 bits per heavy atom. The number of amides is 1. The first-order valence-corrected chi connectivity index (χ1v) is 9.48. The van der Waals surface area contributed by atoms with Crippen LogP contribution in [-0.2, 0) is 21.4 Å². The van der Waals surface area contributed by atoms with Gasteiger partial charge >= 0.3 is 0 Å². The van der Waals surface area contributed by atoms with Gasteiger partial charge in [-0.05, 0) is 25.1 Å². The average Bonchev–Trinajstić information content (AvgIpc) is 2.94. The number of rotatable bonds is 7. The average molecular weight is 368 g/mol. The molecule has 7 nitrogen and oxygen atoms in total. The lowest BCUT2D eigenvalue weighted by Gasteiger charge is -2.25. The van der Waals surface area contributed by atoms with E-state index in [1.54, 1.807) is 13.2 Å². The number of halogens is 1. The van der Waals surface area contributed by atoms with Crippen molar-refractivity contribution in [1.29, 1.82) is 0 Å². The maximum atomic E-state index is 13.4. The van der Waals surface area contributed by atoms with Crippen LogP contribution in [0.5, 0.6) is 0 Å². The van der Waals surface area contributed by atoms with Crippen molar-refractivity contribution in [3.63, 3.8) is 0 Å². The lowest BCUT2D eigenvalue weighted by molar-refractivity contribution is -0.128. The molecular weight excluding hydrogens is 347 g/mol. The van der Waals surface area contributed by atoms with Gasteiger partial charge in [-0.1, -0.05) is 6.07 Å². The van der Waals surface area contributed by atoms with Gasteiger partial charge in [0.05, 0.1) is 11.9 Å². The normalized spacial score (nSPS) is 11.4. The first-order valence-electron chi connectivity index (χ1n) is 7.63. The van der Waals surface area contributed by atoms with E-state index < -0.39 is 15.8 Å². The molecule has 0 aliphatic rings. The molecule has 0 N–H and O–H groups in total. The second kappa shape index (κ2) is 7.64. The molecule has 0 atom stereocenters. The van der Waals surface area contributed by atoms with E-state index in [-0.39, 0.29) is 18.1 Å². The van der Waals surface area contributed by atoms with Crippen LogP contribution in [0.4, 0.5) is 10.1 Å². The van der Waals surface area contributed by atoms with Crippen molar-refractivity contribution in [2.45, 2.75) is 13.5 Å². The summed E-state index contributed by atoms with van der Waals surface area (Å²) in [5.41, 5.74) is 0.120. The Labute approximate surface area is 146 Å². The maximum Gasteiger partial charge on any atom is 0.243 e. The third-order valence-electron chi connectivity index (χ3n) is 3.80. The summed E-state index contributed by atoms with van der Waals surface area (Å²) in [6, 6.07) is 5.15. The van der Waals surface area contributed by atoms with Crippen LogP contribution < -0.4 is 4.31 Å². The summed E-state index contributed by atoms with van der Waals surface area (Å²) in [5.74, 6) is -0.117. The van der Waals surface area contributed by atoms with Gasteiger partial charge in [0.1, 0.15) is 18.2 Å². The SMILES string of the molecule is Cc1nccn1CCN(C)C(=O)CN(c1cccc(F)c1)S(C)(=O)=O. The summed E-state index contributed by atoms with van der Waals surface area (Å²) in [5, 5.41) is 0. The molecule has 2 aromatic rings. The zero-order valence-electron chi connectivity index (χ0n) is 14.4. The Kier molecular flexibility index (Phi) is 5.78. The number of hydrogen-bond donors (Lipinski definition) is 0. The summed E-state index contributed by atoms with van der Waals surface area (Å²) in [6.45, 7) is 2.42. The highest BCUT2D eigenvalue weighted by atomic mass is 32.2. The fraction of sp³-hybridized carbons (Fsp3) is 0.375. The molecule has 2 rings (SSSR count). The molecule has 0 aliphatic carbocycles. The molecule has 136 valence electrons. The highest BCUT2D eigenvalue weighted by Gasteiger charge is 2.23. The van der Waals surface area contributed by atoms with E-state index in [0.29, 0.717) is 13.1 Å². The van der Waals surface area contributed by atoms with Crippen molar-refractivity contribution in [1.82, 2.24) is 14.5 Å². The van der Waals surface area contributed by atoms with Crippen molar-refractivity contribution >= 4 is 21.6 Å². The van der Waals surface area contributed by atoms with Crippen LogP contribution in [0.2, 0.25) is 0 Å². The zero-order valence-corrected chi connectivity index (χ0v) is 15.2. The molecule has 0 fully saturated rings. The van der Waals surface area contributed by atoms with Gasteiger partial charge in [0, 0.05) is 32.5 Å². The number of hydrogen-bond acceptors (Lipinski definition) is 4. The molecule has 0 spiro atoms. The van der Waals surface area contributed by atoms with Gasteiger partial charge in [-0.25, -0.2) is 17.8 Å². The number of aromatic nitrogens is 2. The van der Waals surface area contributed by atoms with E-state index in [2.05, 4.69) is 4.98 Å². The number of carbonyl (C=O) groups is 1. The molecular formula is C16H21FN4O3S. The lowest BCUT2D eigenvalue weighted by atomic mass is 10.3. The maximum absolute atomic E-state index is 13.4.